The summed E-state index contributed by atoms with van der Waals surface area (Å²) in [6.45, 7) is 11.1. The Morgan fingerprint density at radius 2 is 1.88 bits per heavy atom. The third-order valence-electron chi connectivity index (χ3n) is 7.90. The van der Waals surface area contributed by atoms with Crippen LogP contribution in [-0.4, -0.2) is 94.6 Å². The number of ether oxygens (including phenoxy) is 1. The van der Waals surface area contributed by atoms with E-state index >= 15 is 0 Å². The van der Waals surface area contributed by atoms with Crippen LogP contribution in [-0.2, 0) is 9.53 Å². The van der Waals surface area contributed by atoms with E-state index in [0.29, 0.717) is 24.9 Å². The standard InChI is InChI=1S/C24H43N5O4/c1-16-13-28(23(31)33-22-7-5-6-10-25-22)21-11-18(8-9-20(21)29(16)17(2)30)19-12-26-27(14-19)15-24(3,4)32/h16,18-22,25-26,32H,5-15H2,1-4H3. The lowest BCUT2D eigenvalue weighted by atomic mass is 9.73. The average Bonchev–Trinajstić information content (AvgIpc) is 3.20. The molecule has 0 aromatic rings. The Labute approximate surface area is 198 Å². The van der Waals surface area contributed by atoms with Gasteiger partial charge in [0.25, 0.3) is 0 Å². The van der Waals surface area contributed by atoms with Gasteiger partial charge < -0.3 is 19.6 Å². The van der Waals surface area contributed by atoms with Gasteiger partial charge in [-0.1, -0.05) is 0 Å². The summed E-state index contributed by atoms with van der Waals surface area (Å²) in [5.41, 5.74) is 2.71. The smallest absolute Gasteiger partial charge is 0.411 e. The van der Waals surface area contributed by atoms with Crippen molar-refractivity contribution in [2.75, 3.05) is 32.7 Å². The Morgan fingerprint density at radius 1 is 1.09 bits per heavy atom. The monoisotopic (exact) mass is 465 g/mol. The summed E-state index contributed by atoms with van der Waals surface area (Å²) in [5.74, 6) is 1.03. The fourth-order valence-corrected chi connectivity index (χ4v) is 6.51. The highest BCUT2D eigenvalue weighted by Crippen LogP contribution is 2.40. The minimum atomic E-state index is -0.741. The molecule has 3 N–H and O–H groups in total. The SMILES string of the molecule is CC(=O)N1C(C)CN(C(=O)OC2CCCCN2)C2CC(C3CNN(CC(C)(C)O)C3)CCC21. The Balaban J connectivity index is 1.45. The quantitative estimate of drug-likeness (QED) is 0.579. The fourth-order valence-electron chi connectivity index (χ4n) is 6.51. The van der Waals surface area contributed by atoms with Crippen LogP contribution in [0.25, 0.3) is 0 Å². The average molecular weight is 466 g/mol. The minimum absolute atomic E-state index is 0.0109. The predicted octanol–water partition coefficient (Wildman–Crippen LogP) is 1.52. The third kappa shape index (κ3) is 5.81. The van der Waals surface area contributed by atoms with Crippen LogP contribution in [0, 0.1) is 11.8 Å². The highest BCUT2D eigenvalue weighted by molar-refractivity contribution is 5.75. The van der Waals surface area contributed by atoms with Crippen LogP contribution in [0.2, 0.25) is 0 Å². The molecule has 9 heteroatoms. The summed E-state index contributed by atoms with van der Waals surface area (Å²) in [6.07, 6.45) is 5.44. The second-order valence-electron chi connectivity index (χ2n) is 11.3. The number of carbonyl (C=O) groups is 2. The summed E-state index contributed by atoms with van der Waals surface area (Å²) in [7, 11) is 0. The molecule has 3 heterocycles. The molecule has 2 amide bonds. The van der Waals surface area contributed by atoms with E-state index in [0.717, 1.165) is 58.2 Å². The Kier molecular flexibility index (Phi) is 7.53. The van der Waals surface area contributed by atoms with Crippen molar-refractivity contribution in [2.45, 2.75) is 96.2 Å². The maximum Gasteiger partial charge on any atom is 0.411 e. The first-order valence-electron chi connectivity index (χ1n) is 12.8. The maximum absolute atomic E-state index is 13.3. The number of piperidine rings is 1. The minimum Gasteiger partial charge on any atom is -0.430 e. The number of hydrazine groups is 1. The van der Waals surface area contributed by atoms with E-state index in [2.05, 4.69) is 15.8 Å². The molecule has 1 aliphatic carbocycles. The van der Waals surface area contributed by atoms with Crippen LogP contribution < -0.4 is 10.7 Å². The van der Waals surface area contributed by atoms with E-state index in [1.807, 2.05) is 30.6 Å². The Bertz CT molecular complexity index is 707. The number of carbonyl (C=O) groups excluding carboxylic acids is 2. The molecule has 4 rings (SSSR count). The molecule has 3 saturated heterocycles. The van der Waals surface area contributed by atoms with Crippen LogP contribution in [0.4, 0.5) is 4.79 Å². The van der Waals surface area contributed by atoms with Gasteiger partial charge in [0.05, 0.1) is 17.7 Å². The number of hydrogen-bond donors (Lipinski definition) is 3. The molecule has 0 aromatic carbocycles. The van der Waals surface area contributed by atoms with E-state index in [-0.39, 0.29) is 36.4 Å². The van der Waals surface area contributed by atoms with Gasteiger partial charge in [-0.25, -0.2) is 9.80 Å². The van der Waals surface area contributed by atoms with Gasteiger partial charge in [-0.15, -0.1) is 0 Å². The van der Waals surface area contributed by atoms with E-state index < -0.39 is 5.60 Å². The van der Waals surface area contributed by atoms with E-state index in [1.54, 1.807) is 6.92 Å². The molecule has 0 radical (unpaired) electrons. The highest BCUT2D eigenvalue weighted by atomic mass is 16.6. The number of nitrogens with one attached hydrogen (secondary N) is 2. The molecule has 33 heavy (non-hydrogen) atoms. The van der Waals surface area contributed by atoms with Crippen LogP contribution in [0.1, 0.15) is 66.2 Å². The number of aliphatic hydroxyl groups is 1. The zero-order valence-electron chi connectivity index (χ0n) is 20.8. The van der Waals surface area contributed by atoms with Crippen molar-refractivity contribution in [3.63, 3.8) is 0 Å². The summed E-state index contributed by atoms with van der Waals surface area (Å²) in [6, 6.07) is 0.0297. The molecule has 6 unspecified atom stereocenters. The second-order valence-corrected chi connectivity index (χ2v) is 11.3. The molecule has 3 aliphatic heterocycles. The molecular formula is C24H43N5O4. The van der Waals surface area contributed by atoms with E-state index in [1.165, 1.54) is 0 Å². The second kappa shape index (κ2) is 10.1. The number of amides is 2. The number of β-amino-alcohol motifs (C(OH)–C–C–N with tert-alkyl or cyclic N) is 1. The van der Waals surface area contributed by atoms with Crippen molar-refractivity contribution in [3.8, 4) is 0 Å². The van der Waals surface area contributed by atoms with Crippen molar-refractivity contribution in [1.29, 1.82) is 0 Å². The first-order valence-corrected chi connectivity index (χ1v) is 12.8. The van der Waals surface area contributed by atoms with Crippen LogP contribution in [0.15, 0.2) is 0 Å². The van der Waals surface area contributed by atoms with Gasteiger partial charge >= 0.3 is 6.09 Å². The molecule has 4 fully saturated rings. The first-order chi connectivity index (χ1) is 15.6. The molecule has 0 spiro atoms. The van der Waals surface area contributed by atoms with Gasteiger partial charge in [0.2, 0.25) is 5.91 Å². The number of rotatable bonds is 4. The van der Waals surface area contributed by atoms with Gasteiger partial charge in [-0.3, -0.25) is 15.5 Å². The Morgan fingerprint density at radius 3 is 2.55 bits per heavy atom. The molecule has 4 aliphatic rings. The van der Waals surface area contributed by atoms with Gasteiger partial charge in [-0.2, -0.15) is 0 Å². The van der Waals surface area contributed by atoms with Crippen LogP contribution in [0.5, 0.6) is 0 Å². The molecule has 0 bridgehead atoms. The van der Waals surface area contributed by atoms with Crippen LogP contribution >= 0.6 is 0 Å². The largest absolute Gasteiger partial charge is 0.430 e. The van der Waals surface area contributed by atoms with Gasteiger partial charge in [0.1, 0.15) is 0 Å². The molecule has 9 nitrogen and oxygen atoms in total. The number of hydrogen-bond acceptors (Lipinski definition) is 7. The topological polar surface area (TPSA) is 97.4 Å². The van der Waals surface area contributed by atoms with E-state index in [4.69, 9.17) is 4.74 Å². The number of fused-ring (bicyclic) bond motifs is 1. The fraction of sp³-hybridized carbons (Fsp3) is 0.917. The summed E-state index contributed by atoms with van der Waals surface area (Å²) in [5, 5.41) is 15.6. The molecular weight excluding hydrogens is 422 g/mol. The lowest BCUT2D eigenvalue weighted by Gasteiger charge is -2.54. The molecule has 1 saturated carbocycles. The zero-order valence-corrected chi connectivity index (χ0v) is 20.8. The lowest BCUT2D eigenvalue weighted by Crippen LogP contribution is -2.67. The van der Waals surface area contributed by atoms with Crippen molar-refractivity contribution < 1.29 is 19.4 Å². The maximum atomic E-state index is 13.3. The van der Waals surface area contributed by atoms with Crippen molar-refractivity contribution in [2.24, 2.45) is 11.8 Å². The van der Waals surface area contributed by atoms with Gasteiger partial charge in [0.15, 0.2) is 6.23 Å². The Hall–Kier alpha value is -1.42. The van der Waals surface area contributed by atoms with E-state index in [9.17, 15) is 14.7 Å². The molecule has 0 aromatic heterocycles. The first kappa shape index (κ1) is 24.7. The summed E-state index contributed by atoms with van der Waals surface area (Å²) >= 11 is 0. The van der Waals surface area contributed by atoms with Crippen LogP contribution in [0.3, 0.4) is 0 Å². The predicted molar refractivity (Wildman–Crippen MR) is 125 cm³/mol. The zero-order chi connectivity index (χ0) is 23.8. The van der Waals surface area contributed by atoms with Gasteiger partial charge in [-0.05, 0) is 77.7 Å². The lowest BCUT2D eigenvalue weighted by molar-refractivity contribution is -0.142. The normalized spacial score (nSPS) is 35.9. The number of nitrogens with zero attached hydrogens (tertiary/aromatic N) is 3. The summed E-state index contributed by atoms with van der Waals surface area (Å²) in [4.78, 5) is 29.7. The third-order valence-corrected chi connectivity index (χ3v) is 7.90. The summed E-state index contributed by atoms with van der Waals surface area (Å²) < 4.78 is 5.88. The highest BCUT2D eigenvalue weighted by Gasteiger charge is 2.48. The van der Waals surface area contributed by atoms with Gasteiger partial charge in [0, 0.05) is 39.1 Å². The van der Waals surface area contributed by atoms with Crippen molar-refractivity contribution >= 4 is 12.0 Å². The molecule has 188 valence electrons. The number of piperazine rings is 1. The van der Waals surface area contributed by atoms with Crippen molar-refractivity contribution in [1.82, 2.24) is 25.6 Å². The van der Waals surface area contributed by atoms with Crippen molar-refractivity contribution in [3.05, 3.63) is 0 Å². The molecule has 6 atom stereocenters.